The van der Waals surface area contributed by atoms with Crippen LogP contribution in [-0.4, -0.2) is 55.7 Å². The van der Waals surface area contributed by atoms with Crippen LogP contribution in [0.3, 0.4) is 0 Å². The van der Waals surface area contributed by atoms with E-state index in [2.05, 4.69) is 10.6 Å². The zero-order valence-electron chi connectivity index (χ0n) is 23.0. The van der Waals surface area contributed by atoms with Crippen LogP contribution in [0.5, 0.6) is 0 Å². The Balaban J connectivity index is 1.61. The fourth-order valence-electron chi connectivity index (χ4n) is 4.42. The number of halogens is 1. The predicted octanol–water partition coefficient (Wildman–Crippen LogP) is 4.84. The lowest BCUT2D eigenvalue weighted by molar-refractivity contribution is -0.138. The number of aromatic nitrogens is 2. The van der Waals surface area contributed by atoms with Gasteiger partial charge in [0.25, 0.3) is 0 Å². The number of carboxylic acids is 1. The first-order chi connectivity index (χ1) is 18.9. The SMILES string of the molecule is Cc1ccc(Nc2c(-c3ccc(F)cc3)nc3n2CCN(C(=O)[C@H](CCC(=O)O)NC(=O)OC(C)(C)C)C3)cc1. The third-order valence-electron chi connectivity index (χ3n) is 6.35. The number of imidazole rings is 1. The van der Waals surface area contributed by atoms with E-state index < -0.39 is 29.6 Å². The number of hydrogen-bond donors (Lipinski definition) is 3. The molecule has 0 unspecified atom stereocenters. The van der Waals surface area contributed by atoms with E-state index >= 15 is 0 Å². The Bertz CT molecular complexity index is 1380. The molecule has 4 rings (SSSR count). The number of anilines is 2. The first kappa shape index (κ1) is 28.6. The summed E-state index contributed by atoms with van der Waals surface area (Å²) >= 11 is 0. The standard InChI is InChI=1S/C29H34FN5O5/c1-18-5-11-21(12-6-18)31-26-25(19-7-9-20(30)10-8-19)33-23-17-34(15-16-35(23)26)27(38)22(13-14-24(36)37)32-28(39)40-29(2,3)4/h5-12,22,31H,13-17H2,1-4H3,(H,32,39)(H,36,37)/t22-/m0/s1. The molecular formula is C29H34FN5O5. The highest BCUT2D eigenvalue weighted by atomic mass is 19.1. The molecule has 11 heteroatoms. The van der Waals surface area contributed by atoms with Crippen molar-refractivity contribution in [2.45, 2.75) is 65.3 Å². The van der Waals surface area contributed by atoms with Gasteiger partial charge in [-0.2, -0.15) is 0 Å². The number of hydrogen-bond acceptors (Lipinski definition) is 6. The van der Waals surface area contributed by atoms with Crippen molar-refractivity contribution in [2.24, 2.45) is 0 Å². The third-order valence-corrected chi connectivity index (χ3v) is 6.35. The molecule has 0 radical (unpaired) electrons. The van der Waals surface area contributed by atoms with Crippen LogP contribution in [0.15, 0.2) is 48.5 Å². The molecule has 10 nitrogen and oxygen atoms in total. The summed E-state index contributed by atoms with van der Waals surface area (Å²) in [7, 11) is 0. The van der Waals surface area contributed by atoms with Crippen LogP contribution in [0.4, 0.5) is 20.7 Å². The van der Waals surface area contributed by atoms with Gasteiger partial charge in [0, 0.05) is 30.8 Å². The second-order valence-electron chi connectivity index (χ2n) is 10.8. The molecule has 0 aliphatic carbocycles. The largest absolute Gasteiger partial charge is 0.481 e. The minimum absolute atomic E-state index is 0.0839. The molecule has 40 heavy (non-hydrogen) atoms. The Morgan fingerprint density at radius 2 is 1.75 bits per heavy atom. The van der Waals surface area contributed by atoms with Crippen LogP contribution in [0.2, 0.25) is 0 Å². The maximum Gasteiger partial charge on any atom is 0.408 e. The molecule has 3 N–H and O–H groups in total. The van der Waals surface area contributed by atoms with E-state index in [-0.39, 0.29) is 25.2 Å². The van der Waals surface area contributed by atoms with E-state index in [9.17, 15) is 23.9 Å². The van der Waals surface area contributed by atoms with E-state index in [0.717, 1.165) is 11.3 Å². The maximum atomic E-state index is 13.7. The quantitative estimate of drug-likeness (QED) is 0.366. The van der Waals surface area contributed by atoms with E-state index in [1.807, 2.05) is 35.8 Å². The summed E-state index contributed by atoms with van der Waals surface area (Å²) in [5.74, 6) is -0.538. The third kappa shape index (κ3) is 7.16. The van der Waals surface area contributed by atoms with Gasteiger partial charge in [0.15, 0.2) is 0 Å². The van der Waals surface area contributed by atoms with Crippen LogP contribution in [0, 0.1) is 12.7 Å². The van der Waals surface area contributed by atoms with Gasteiger partial charge < -0.3 is 29.9 Å². The molecule has 2 heterocycles. The molecular weight excluding hydrogens is 517 g/mol. The maximum absolute atomic E-state index is 13.7. The molecule has 0 bridgehead atoms. The number of amides is 2. The Hall–Kier alpha value is -4.41. The van der Waals surface area contributed by atoms with Crippen molar-refractivity contribution >= 4 is 29.5 Å². The minimum atomic E-state index is -1.08. The topological polar surface area (TPSA) is 126 Å². The summed E-state index contributed by atoms with van der Waals surface area (Å²) in [6, 6.07) is 12.9. The Kier molecular flexibility index (Phi) is 8.41. The molecule has 212 valence electrons. The first-order valence-electron chi connectivity index (χ1n) is 13.1. The number of alkyl carbamates (subject to hydrolysis) is 1. The van der Waals surface area contributed by atoms with Gasteiger partial charge in [0.1, 0.15) is 34.8 Å². The monoisotopic (exact) mass is 551 g/mol. The number of aryl methyl sites for hydroxylation is 1. The van der Waals surface area contributed by atoms with Gasteiger partial charge in [-0.05, 0) is 70.5 Å². The number of carbonyl (C=O) groups excluding carboxylic acids is 2. The molecule has 2 amide bonds. The Morgan fingerprint density at radius 1 is 1.07 bits per heavy atom. The van der Waals surface area contributed by atoms with Crippen molar-refractivity contribution in [3.63, 3.8) is 0 Å². The molecule has 1 atom stereocenters. The lowest BCUT2D eigenvalue weighted by Crippen LogP contribution is -2.51. The summed E-state index contributed by atoms with van der Waals surface area (Å²) in [5, 5.41) is 15.2. The zero-order chi connectivity index (χ0) is 29.0. The lowest BCUT2D eigenvalue weighted by atomic mass is 10.1. The van der Waals surface area contributed by atoms with Crippen molar-refractivity contribution in [3.05, 3.63) is 65.7 Å². The molecule has 1 aromatic heterocycles. The smallest absolute Gasteiger partial charge is 0.408 e. The first-order valence-corrected chi connectivity index (χ1v) is 13.1. The van der Waals surface area contributed by atoms with Crippen molar-refractivity contribution in [3.8, 4) is 11.3 Å². The summed E-state index contributed by atoms with van der Waals surface area (Å²) in [6.45, 7) is 7.96. The zero-order valence-corrected chi connectivity index (χ0v) is 23.0. The number of nitrogens with one attached hydrogen (secondary N) is 2. The summed E-state index contributed by atoms with van der Waals surface area (Å²) in [4.78, 5) is 43.5. The number of carbonyl (C=O) groups is 3. The number of carboxylic acid groups (broad SMARTS) is 1. The van der Waals surface area contributed by atoms with Crippen LogP contribution in [-0.2, 0) is 27.4 Å². The van der Waals surface area contributed by atoms with E-state index in [1.54, 1.807) is 37.8 Å². The molecule has 0 saturated carbocycles. The van der Waals surface area contributed by atoms with Gasteiger partial charge in [-0.1, -0.05) is 17.7 Å². The van der Waals surface area contributed by atoms with Crippen molar-refractivity contribution in [1.82, 2.24) is 19.8 Å². The molecule has 3 aromatic rings. The number of nitrogens with zero attached hydrogens (tertiary/aromatic N) is 3. The van der Waals surface area contributed by atoms with Gasteiger partial charge in [0.05, 0.1) is 6.54 Å². The Morgan fingerprint density at radius 3 is 2.38 bits per heavy atom. The fraction of sp³-hybridized carbons (Fsp3) is 0.379. The number of benzene rings is 2. The number of rotatable bonds is 8. The lowest BCUT2D eigenvalue weighted by Gasteiger charge is -2.32. The molecule has 1 aliphatic rings. The average Bonchev–Trinajstić information content (AvgIpc) is 3.24. The van der Waals surface area contributed by atoms with Gasteiger partial charge in [0.2, 0.25) is 5.91 Å². The summed E-state index contributed by atoms with van der Waals surface area (Å²) < 4.78 is 20.9. The summed E-state index contributed by atoms with van der Waals surface area (Å²) in [5.41, 5.74) is 2.51. The molecule has 0 saturated heterocycles. The normalized spacial score (nSPS) is 13.8. The highest BCUT2D eigenvalue weighted by molar-refractivity contribution is 5.86. The number of fused-ring (bicyclic) bond motifs is 1. The van der Waals surface area contributed by atoms with Crippen molar-refractivity contribution in [1.29, 1.82) is 0 Å². The Labute approximate surface area is 232 Å². The molecule has 1 aliphatic heterocycles. The number of ether oxygens (including phenoxy) is 1. The molecule has 0 fully saturated rings. The van der Waals surface area contributed by atoms with Crippen LogP contribution < -0.4 is 10.6 Å². The molecule has 2 aromatic carbocycles. The minimum Gasteiger partial charge on any atom is -0.481 e. The van der Waals surface area contributed by atoms with Crippen LogP contribution in [0.1, 0.15) is 45.0 Å². The average molecular weight is 552 g/mol. The van der Waals surface area contributed by atoms with Crippen LogP contribution in [0.25, 0.3) is 11.3 Å². The number of aliphatic carboxylic acids is 1. The highest BCUT2D eigenvalue weighted by Gasteiger charge is 2.32. The van der Waals surface area contributed by atoms with E-state index in [4.69, 9.17) is 9.72 Å². The fourth-order valence-corrected chi connectivity index (χ4v) is 4.42. The second-order valence-corrected chi connectivity index (χ2v) is 10.8. The van der Waals surface area contributed by atoms with Crippen molar-refractivity contribution < 1.29 is 28.6 Å². The highest BCUT2D eigenvalue weighted by Crippen LogP contribution is 2.33. The summed E-state index contributed by atoms with van der Waals surface area (Å²) in [6.07, 6.45) is -1.18. The van der Waals surface area contributed by atoms with Gasteiger partial charge >= 0.3 is 12.1 Å². The van der Waals surface area contributed by atoms with Gasteiger partial charge in [-0.15, -0.1) is 0 Å². The van der Waals surface area contributed by atoms with Crippen LogP contribution >= 0.6 is 0 Å². The van der Waals surface area contributed by atoms with Crippen molar-refractivity contribution in [2.75, 3.05) is 11.9 Å². The van der Waals surface area contributed by atoms with Gasteiger partial charge in [-0.3, -0.25) is 9.59 Å². The second kappa shape index (κ2) is 11.8. The van der Waals surface area contributed by atoms with Gasteiger partial charge in [-0.25, -0.2) is 14.2 Å². The molecule has 0 spiro atoms. The van der Waals surface area contributed by atoms with E-state index in [1.165, 1.54) is 12.1 Å². The van der Waals surface area contributed by atoms with E-state index in [0.29, 0.717) is 36.0 Å². The predicted molar refractivity (Wildman–Crippen MR) is 148 cm³/mol.